The van der Waals surface area contributed by atoms with E-state index in [0.29, 0.717) is 20.8 Å². The van der Waals surface area contributed by atoms with Crippen LogP contribution in [-0.2, 0) is 4.79 Å². The monoisotopic (exact) mass is 343 g/mol. The Morgan fingerprint density at radius 2 is 2.14 bits per heavy atom. The van der Waals surface area contributed by atoms with Gasteiger partial charge in [0.2, 0.25) is 5.91 Å². The molecule has 0 fully saturated rings. The molecule has 1 aromatic heterocycles. The number of carbonyl (C=O) groups is 1. The quantitative estimate of drug-likeness (QED) is 0.660. The van der Waals surface area contributed by atoms with Crippen LogP contribution in [0, 0.1) is 6.92 Å². The van der Waals surface area contributed by atoms with Crippen LogP contribution in [0.1, 0.15) is 5.56 Å². The van der Waals surface area contributed by atoms with Crippen LogP contribution < -0.4 is 11.0 Å². The molecule has 0 aliphatic carbocycles. The Labute approximate surface area is 135 Å². The molecular formula is C13H11Cl2N3O2S. The summed E-state index contributed by atoms with van der Waals surface area (Å²) < 4.78 is 0. The van der Waals surface area contributed by atoms with Gasteiger partial charge in [0, 0.05) is 11.9 Å². The van der Waals surface area contributed by atoms with Crippen molar-refractivity contribution in [2.75, 3.05) is 11.1 Å². The summed E-state index contributed by atoms with van der Waals surface area (Å²) in [6.45, 7) is 1.81. The van der Waals surface area contributed by atoms with Gasteiger partial charge >= 0.3 is 5.69 Å². The molecule has 21 heavy (non-hydrogen) atoms. The van der Waals surface area contributed by atoms with E-state index in [4.69, 9.17) is 23.2 Å². The van der Waals surface area contributed by atoms with Crippen LogP contribution in [-0.4, -0.2) is 21.6 Å². The predicted octanol–water partition coefficient (Wildman–Crippen LogP) is 3.12. The maximum Gasteiger partial charge on any atom is 0.345 e. The van der Waals surface area contributed by atoms with Crippen molar-refractivity contribution in [3.8, 4) is 0 Å². The van der Waals surface area contributed by atoms with Gasteiger partial charge in [-0.3, -0.25) is 4.79 Å². The lowest BCUT2D eigenvalue weighted by molar-refractivity contribution is -0.113. The molecule has 110 valence electrons. The number of aryl methyl sites for hydroxylation is 1. The predicted molar refractivity (Wildman–Crippen MR) is 85.4 cm³/mol. The number of aromatic amines is 1. The number of amides is 1. The highest BCUT2D eigenvalue weighted by atomic mass is 35.5. The highest BCUT2D eigenvalue weighted by molar-refractivity contribution is 8.00. The second-order valence-electron chi connectivity index (χ2n) is 4.17. The fourth-order valence-corrected chi connectivity index (χ4v) is 2.59. The number of aromatic nitrogens is 2. The summed E-state index contributed by atoms with van der Waals surface area (Å²) in [5, 5.41) is 4.12. The normalized spacial score (nSPS) is 10.4. The average Bonchev–Trinajstić information content (AvgIpc) is 2.44. The van der Waals surface area contributed by atoms with Crippen molar-refractivity contribution in [1.82, 2.24) is 9.97 Å². The Kier molecular flexibility index (Phi) is 5.27. The van der Waals surface area contributed by atoms with Crippen molar-refractivity contribution in [2.45, 2.75) is 11.9 Å². The largest absolute Gasteiger partial charge is 0.345 e. The van der Waals surface area contributed by atoms with E-state index in [1.54, 1.807) is 18.2 Å². The highest BCUT2D eigenvalue weighted by Gasteiger charge is 2.08. The Hall–Kier alpha value is -1.50. The highest BCUT2D eigenvalue weighted by Crippen LogP contribution is 2.25. The molecule has 2 rings (SSSR count). The summed E-state index contributed by atoms with van der Waals surface area (Å²) in [5.41, 5.74) is 0.935. The van der Waals surface area contributed by atoms with Gasteiger partial charge in [0.05, 0.1) is 20.8 Å². The number of hydrogen-bond donors (Lipinski definition) is 2. The molecule has 0 unspecified atom stereocenters. The van der Waals surface area contributed by atoms with Gasteiger partial charge in [0.15, 0.2) is 0 Å². The molecule has 2 aromatic rings. The summed E-state index contributed by atoms with van der Waals surface area (Å²) in [5.74, 6) is -0.0587. The second kappa shape index (κ2) is 6.98. The third kappa shape index (κ3) is 4.49. The summed E-state index contributed by atoms with van der Waals surface area (Å²) in [7, 11) is 0. The summed E-state index contributed by atoms with van der Waals surface area (Å²) in [4.78, 5) is 29.2. The van der Waals surface area contributed by atoms with E-state index in [2.05, 4.69) is 15.3 Å². The molecule has 2 N–H and O–H groups in total. The number of hydrogen-bond acceptors (Lipinski definition) is 4. The number of nitrogens with zero attached hydrogens (tertiary/aromatic N) is 1. The number of anilines is 1. The van der Waals surface area contributed by atoms with Crippen molar-refractivity contribution in [3.63, 3.8) is 0 Å². The molecule has 0 saturated heterocycles. The van der Waals surface area contributed by atoms with E-state index in [-0.39, 0.29) is 11.7 Å². The molecule has 0 saturated carbocycles. The Balaban J connectivity index is 1.97. The van der Waals surface area contributed by atoms with Crippen molar-refractivity contribution in [1.29, 1.82) is 0 Å². The molecule has 1 heterocycles. The average molecular weight is 344 g/mol. The maximum absolute atomic E-state index is 11.9. The first-order valence-electron chi connectivity index (χ1n) is 5.89. The maximum atomic E-state index is 11.9. The Morgan fingerprint density at radius 1 is 1.38 bits per heavy atom. The number of halogens is 2. The van der Waals surface area contributed by atoms with Crippen LogP contribution in [0.2, 0.25) is 10.0 Å². The second-order valence-corrected chi connectivity index (χ2v) is 5.97. The Morgan fingerprint density at radius 3 is 2.86 bits per heavy atom. The third-order valence-corrected chi connectivity index (χ3v) is 4.36. The molecule has 0 bridgehead atoms. The zero-order chi connectivity index (χ0) is 15.4. The van der Waals surface area contributed by atoms with E-state index < -0.39 is 5.69 Å². The lowest BCUT2D eigenvalue weighted by atomic mass is 10.3. The van der Waals surface area contributed by atoms with Crippen LogP contribution in [0.3, 0.4) is 0 Å². The third-order valence-electron chi connectivity index (χ3n) is 2.51. The van der Waals surface area contributed by atoms with Crippen LogP contribution in [0.5, 0.6) is 0 Å². The van der Waals surface area contributed by atoms with Gasteiger partial charge in [0.1, 0.15) is 0 Å². The molecule has 0 aliphatic rings. The van der Waals surface area contributed by atoms with Gasteiger partial charge in [-0.05, 0) is 30.7 Å². The lowest BCUT2D eigenvalue weighted by Gasteiger charge is -2.07. The van der Waals surface area contributed by atoms with Gasteiger partial charge in [-0.25, -0.2) is 9.78 Å². The van der Waals surface area contributed by atoms with Crippen LogP contribution in [0.25, 0.3) is 0 Å². The van der Waals surface area contributed by atoms with Crippen molar-refractivity contribution in [3.05, 3.63) is 50.5 Å². The minimum absolute atomic E-state index is 0.154. The van der Waals surface area contributed by atoms with Crippen molar-refractivity contribution in [2.24, 2.45) is 0 Å². The lowest BCUT2D eigenvalue weighted by Crippen LogP contribution is -2.16. The summed E-state index contributed by atoms with van der Waals surface area (Å²) in [6, 6.07) is 4.85. The van der Waals surface area contributed by atoms with Crippen LogP contribution in [0.15, 0.2) is 34.2 Å². The molecule has 5 nitrogen and oxygen atoms in total. The summed E-state index contributed by atoms with van der Waals surface area (Å²) in [6.07, 6.45) is 1.47. The Bertz CT molecular complexity index is 734. The molecule has 0 aliphatic heterocycles. The van der Waals surface area contributed by atoms with Crippen molar-refractivity contribution < 1.29 is 4.79 Å². The molecule has 1 amide bonds. The van der Waals surface area contributed by atoms with Gasteiger partial charge in [-0.15, -0.1) is 0 Å². The minimum Gasteiger partial charge on any atom is -0.325 e. The smallest absolute Gasteiger partial charge is 0.325 e. The first kappa shape index (κ1) is 15.9. The molecule has 8 heteroatoms. The van der Waals surface area contributed by atoms with Crippen molar-refractivity contribution >= 4 is 46.6 Å². The van der Waals surface area contributed by atoms with E-state index in [9.17, 15) is 9.59 Å². The van der Waals surface area contributed by atoms with Gasteiger partial charge in [0.25, 0.3) is 0 Å². The van der Waals surface area contributed by atoms with Gasteiger partial charge in [-0.1, -0.05) is 35.0 Å². The minimum atomic E-state index is -0.437. The summed E-state index contributed by atoms with van der Waals surface area (Å²) >= 11 is 12.9. The van der Waals surface area contributed by atoms with Gasteiger partial charge in [-0.2, -0.15) is 0 Å². The molecule has 0 spiro atoms. The van der Waals surface area contributed by atoms with Crippen LogP contribution >= 0.6 is 35.0 Å². The topological polar surface area (TPSA) is 74.8 Å². The number of thioether (sulfide) groups is 1. The fourth-order valence-electron chi connectivity index (χ4n) is 1.50. The van der Waals surface area contributed by atoms with E-state index in [1.807, 2.05) is 6.92 Å². The van der Waals surface area contributed by atoms with E-state index in [1.165, 1.54) is 18.0 Å². The number of H-pyrrole nitrogens is 1. The first-order chi connectivity index (χ1) is 9.95. The van der Waals surface area contributed by atoms with Gasteiger partial charge < -0.3 is 10.3 Å². The molecular weight excluding hydrogens is 333 g/mol. The first-order valence-corrected chi connectivity index (χ1v) is 7.63. The zero-order valence-corrected chi connectivity index (χ0v) is 13.3. The standard InChI is InChI=1S/C13H11Cl2N3O2S/c1-7-5-16-13(20)18-12(7)21-6-11(19)17-8-2-3-9(14)10(15)4-8/h2-5H,6H2,1H3,(H,17,19)(H,16,18,20). The molecule has 0 atom stereocenters. The van der Waals surface area contributed by atoms with Crippen LogP contribution in [0.4, 0.5) is 5.69 Å². The SMILES string of the molecule is Cc1cnc(=O)[nH]c1SCC(=O)Nc1ccc(Cl)c(Cl)c1. The molecule has 0 radical (unpaired) electrons. The number of benzene rings is 1. The molecule has 1 aromatic carbocycles. The van der Waals surface area contributed by atoms with E-state index >= 15 is 0 Å². The number of carbonyl (C=O) groups excluding carboxylic acids is 1. The van der Waals surface area contributed by atoms with E-state index in [0.717, 1.165) is 5.56 Å². The number of nitrogens with one attached hydrogen (secondary N) is 2. The zero-order valence-electron chi connectivity index (χ0n) is 10.9. The fraction of sp³-hybridized carbons (Fsp3) is 0.154. The number of rotatable bonds is 4.